The zero-order valence-electron chi connectivity index (χ0n) is 19.7. The lowest BCUT2D eigenvalue weighted by molar-refractivity contribution is -0.130. The summed E-state index contributed by atoms with van der Waals surface area (Å²) >= 11 is 0. The molecular formula is C28H38N2O2. The van der Waals surface area contributed by atoms with Gasteiger partial charge in [-0.15, -0.1) is 0 Å². The van der Waals surface area contributed by atoms with Gasteiger partial charge in [-0.2, -0.15) is 5.10 Å². The lowest BCUT2D eigenvalue weighted by Gasteiger charge is -2.56. The van der Waals surface area contributed by atoms with E-state index in [1.807, 2.05) is 6.20 Å². The number of hydrogen-bond donors (Lipinski definition) is 1. The normalized spacial score (nSPS) is 43.2. The topological polar surface area (TPSA) is 55.1 Å². The third-order valence-electron chi connectivity index (χ3n) is 10.4. The van der Waals surface area contributed by atoms with Crippen LogP contribution in [0.4, 0.5) is 0 Å². The molecule has 1 aromatic rings. The molecule has 0 aliphatic heterocycles. The molecule has 4 heteroatoms. The lowest BCUT2D eigenvalue weighted by atomic mass is 9.48. The summed E-state index contributed by atoms with van der Waals surface area (Å²) in [6, 6.07) is 2.59. The third-order valence-corrected chi connectivity index (χ3v) is 10.4. The molecule has 0 saturated heterocycles. The van der Waals surface area contributed by atoms with Gasteiger partial charge in [0.1, 0.15) is 0 Å². The smallest absolute Gasteiger partial charge is 0.165 e. The van der Waals surface area contributed by atoms with Crippen molar-refractivity contribution in [1.29, 1.82) is 0 Å². The van der Waals surface area contributed by atoms with Gasteiger partial charge in [-0.05, 0) is 98.7 Å². The van der Waals surface area contributed by atoms with Gasteiger partial charge < -0.3 is 5.11 Å². The van der Waals surface area contributed by atoms with Crippen LogP contribution < -0.4 is 0 Å². The molecule has 172 valence electrons. The molecule has 6 rings (SSSR count). The molecular weight excluding hydrogens is 396 g/mol. The summed E-state index contributed by atoms with van der Waals surface area (Å²) in [6.07, 6.45) is 18.4. The maximum Gasteiger partial charge on any atom is 0.165 e. The van der Waals surface area contributed by atoms with Crippen molar-refractivity contribution in [1.82, 2.24) is 9.78 Å². The first-order valence-corrected chi connectivity index (χ1v) is 13.1. The average Bonchev–Trinajstić information content (AvgIpc) is 3.50. The van der Waals surface area contributed by atoms with E-state index in [2.05, 4.69) is 41.8 Å². The number of nitrogens with zero attached hydrogens (tertiary/aromatic N) is 2. The van der Waals surface area contributed by atoms with E-state index in [0.717, 1.165) is 56.2 Å². The molecule has 0 amide bonds. The largest absolute Gasteiger partial charge is 0.393 e. The Morgan fingerprint density at radius 3 is 2.66 bits per heavy atom. The summed E-state index contributed by atoms with van der Waals surface area (Å²) in [5.41, 5.74) is 3.68. The molecule has 5 aliphatic carbocycles. The number of Topliss-reactive ketones (excluding diaryl/α,β-unsaturated/α-hetero) is 1. The minimum atomic E-state index is -0.207. The zero-order chi connectivity index (χ0) is 22.1. The van der Waals surface area contributed by atoms with Gasteiger partial charge >= 0.3 is 0 Å². The van der Waals surface area contributed by atoms with E-state index in [1.54, 1.807) is 0 Å². The summed E-state index contributed by atoms with van der Waals surface area (Å²) in [5, 5.41) is 14.9. The molecule has 4 nitrogen and oxygen atoms in total. The van der Waals surface area contributed by atoms with Crippen LogP contribution >= 0.6 is 0 Å². The van der Waals surface area contributed by atoms with Crippen molar-refractivity contribution >= 4 is 11.9 Å². The summed E-state index contributed by atoms with van der Waals surface area (Å²) in [5.74, 6) is 2.10. The van der Waals surface area contributed by atoms with Crippen LogP contribution in [0.5, 0.6) is 0 Å². The molecule has 0 radical (unpaired) electrons. The van der Waals surface area contributed by atoms with Crippen molar-refractivity contribution in [2.45, 2.75) is 96.6 Å². The molecule has 32 heavy (non-hydrogen) atoms. The van der Waals surface area contributed by atoms with Crippen LogP contribution in [-0.4, -0.2) is 26.8 Å². The maximum atomic E-state index is 13.8. The molecule has 0 spiro atoms. The van der Waals surface area contributed by atoms with Gasteiger partial charge in [0.05, 0.1) is 17.8 Å². The standard InChI is InChI=1S/C28H38N2O2/c1-27-12-9-22(31)17-19(27)7-8-23-24(27)10-13-28(2)25(23)16-18(26(28)32)15-21-11-14-29-30(21)20-5-3-4-6-20/h7,11,14-15,20,22-25,31H,3-6,8-10,12-13,16-17H2,1-2H3. The highest BCUT2D eigenvalue weighted by Crippen LogP contribution is 2.64. The number of aliphatic hydroxyl groups excluding tert-OH is 1. The number of ketones is 1. The van der Waals surface area contributed by atoms with Crippen molar-refractivity contribution in [3.05, 3.63) is 35.2 Å². The molecule has 1 heterocycles. The van der Waals surface area contributed by atoms with E-state index in [4.69, 9.17) is 0 Å². The Morgan fingerprint density at radius 1 is 1.06 bits per heavy atom. The van der Waals surface area contributed by atoms with Crippen LogP contribution in [0.3, 0.4) is 0 Å². The Balaban J connectivity index is 1.31. The quantitative estimate of drug-likeness (QED) is 0.467. The highest BCUT2D eigenvalue weighted by atomic mass is 16.3. The first-order valence-electron chi connectivity index (χ1n) is 13.1. The van der Waals surface area contributed by atoms with Crippen LogP contribution in [0.2, 0.25) is 0 Å². The van der Waals surface area contributed by atoms with Gasteiger partial charge in [0.25, 0.3) is 0 Å². The van der Waals surface area contributed by atoms with Crippen LogP contribution in [0.1, 0.15) is 96.2 Å². The Hall–Kier alpha value is -1.68. The number of carbonyl (C=O) groups excluding carboxylic acids is 1. The number of aliphatic hydroxyl groups is 1. The van der Waals surface area contributed by atoms with Gasteiger partial charge in [-0.25, -0.2) is 0 Å². The fourth-order valence-corrected chi connectivity index (χ4v) is 8.51. The molecule has 4 saturated carbocycles. The van der Waals surface area contributed by atoms with Gasteiger partial charge in [0.2, 0.25) is 0 Å². The van der Waals surface area contributed by atoms with Gasteiger partial charge in [-0.3, -0.25) is 9.48 Å². The van der Waals surface area contributed by atoms with E-state index >= 15 is 0 Å². The number of fused-ring (bicyclic) bond motifs is 5. The second-order valence-electron chi connectivity index (χ2n) is 12.0. The van der Waals surface area contributed by atoms with Crippen LogP contribution in [0.25, 0.3) is 6.08 Å². The van der Waals surface area contributed by atoms with Gasteiger partial charge in [-0.1, -0.05) is 38.3 Å². The van der Waals surface area contributed by atoms with Crippen LogP contribution in [0, 0.1) is 28.6 Å². The Morgan fingerprint density at radius 2 is 1.84 bits per heavy atom. The summed E-state index contributed by atoms with van der Waals surface area (Å²) in [6.45, 7) is 4.72. The molecule has 0 bridgehead atoms. The van der Waals surface area contributed by atoms with E-state index in [0.29, 0.717) is 29.6 Å². The summed E-state index contributed by atoms with van der Waals surface area (Å²) < 4.78 is 2.18. The van der Waals surface area contributed by atoms with Gasteiger partial charge in [0.15, 0.2) is 5.78 Å². The Kier molecular flexibility index (Phi) is 4.84. The molecule has 1 aromatic heterocycles. The molecule has 4 fully saturated rings. The summed E-state index contributed by atoms with van der Waals surface area (Å²) in [7, 11) is 0. The van der Waals surface area contributed by atoms with E-state index in [9.17, 15) is 9.90 Å². The van der Waals surface area contributed by atoms with Crippen molar-refractivity contribution in [2.24, 2.45) is 28.6 Å². The molecule has 5 aliphatic rings. The van der Waals surface area contributed by atoms with E-state index in [-0.39, 0.29) is 16.9 Å². The highest BCUT2D eigenvalue weighted by molar-refractivity contribution is 6.05. The predicted octanol–water partition coefficient (Wildman–Crippen LogP) is 5.88. The van der Waals surface area contributed by atoms with Crippen molar-refractivity contribution in [3.63, 3.8) is 0 Å². The Bertz CT molecular complexity index is 983. The fourth-order valence-electron chi connectivity index (χ4n) is 8.51. The highest BCUT2D eigenvalue weighted by Gasteiger charge is 2.59. The fraction of sp³-hybridized carbons (Fsp3) is 0.714. The maximum absolute atomic E-state index is 13.8. The number of hydrogen-bond acceptors (Lipinski definition) is 3. The van der Waals surface area contributed by atoms with Crippen molar-refractivity contribution < 1.29 is 9.90 Å². The number of rotatable bonds is 2. The molecule has 6 unspecified atom stereocenters. The molecule has 6 atom stereocenters. The van der Waals surface area contributed by atoms with Crippen molar-refractivity contribution in [2.75, 3.05) is 0 Å². The monoisotopic (exact) mass is 434 g/mol. The second kappa shape index (κ2) is 7.41. The molecule has 0 aromatic carbocycles. The average molecular weight is 435 g/mol. The van der Waals surface area contributed by atoms with Crippen LogP contribution in [0.15, 0.2) is 29.5 Å². The van der Waals surface area contributed by atoms with Crippen LogP contribution in [-0.2, 0) is 4.79 Å². The SMILES string of the molecule is CC12CCC3C(CC=C4CC(O)CCC43C)C1CC(=Cc1ccnn1C1CCCC1)C2=O. The number of aromatic nitrogens is 2. The Labute approximate surface area is 192 Å². The van der Waals surface area contributed by atoms with Gasteiger partial charge in [0, 0.05) is 11.6 Å². The zero-order valence-corrected chi connectivity index (χ0v) is 19.7. The predicted molar refractivity (Wildman–Crippen MR) is 126 cm³/mol. The van der Waals surface area contributed by atoms with E-state index < -0.39 is 0 Å². The van der Waals surface area contributed by atoms with E-state index in [1.165, 1.54) is 31.3 Å². The lowest BCUT2D eigenvalue weighted by Crippen LogP contribution is -2.50. The summed E-state index contributed by atoms with van der Waals surface area (Å²) in [4.78, 5) is 13.8. The minimum Gasteiger partial charge on any atom is -0.393 e. The first kappa shape index (κ1) is 20.9. The first-order chi connectivity index (χ1) is 15.4. The molecule has 1 N–H and O–H groups in total. The third kappa shape index (κ3) is 2.97. The van der Waals surface area contributed by atoms with Crippen molar-refractivity contribution in [3.8, 4) is 0 Å². The number of allylic oxidation sites excluding steroid dienone is 2. The second-order valence-corrected chi connectivity index (χ2v) is 12.0. The number of carbonyl (C=O) groups is 1. The minimum absolute atomic E-state index is 0.160.